The van der Waals surface area contributed by atoms with E-state index < -0.39 is 0 Å². The van der Waals surface area contributed by atoms with Crippen molar-refractivity contribution in [3.05, 3.63) is 83.9 Å². The monoisotopic (exact) mass is 404 g/mol. The van der Waals surface area contributed by atoms with Crippen LogP contribution >= 0.6 is 0 Å². The van der Waals surface area contributed by atoms with Crippen molar-refractivity contribution in [2.75, 3.05) is 23.8 Å². The number of ether oxygens (including phenoxy) is 2. The first kappa shape index (κ1) is 20.9. The number of anilines is 2. The summed E-state index contributed by atoms with van der Waals surface area (Å²) in [5, 5.41) is 5.51. The molecule has 0 aromatic heterocycles. The summed E-state index contributed by atoms with van der Waals surface area (Å²) >= 11 is 0. The molecule has 0 saturated carbocycles. The van der Waals surface area contributed by atoms with Gasteiger partial charge in [-0.2, -0.15) is 0 Å². The van der Waals surface area contributed by atoms with E-state index >= 15 is 0 Å². The standard InChI is InChI=1S/C24H24N2O4/c1-17-11-12-22(13-18(17)2)30-16-24(28)26-20-9-6-10-21(14-20)29-15-23(27)25-19-7-4-3-5-8-19/h3-14H,15-16H2,1-2H3,(H,25,27)(H,26,28). The van der Waals surface area contributed by atoms with Crippen LogP contribution in [0.2, 0.25) is 0 Å². The Labute approximate surface area is 175 Å². The van der Waals surface area contributed by atoms with Crippen LogP contribution in [0.3, 0.4) is 0 Å². The molecule has 3 aromatic rings. The second kappa shape index (κ2) is 10.1. The molecule has 3 rings (SSSR count). The van der Waals surface area contributed by atoms with Crippen molar-refractivity contribution >= 4 is 23.2 Å². The van der Waals surface area contributed by atoms with Crippen molar-refractivity contribution in [3.63, 3.8) is 0 Å². The summed E-state index contributed by atoms with van der Waals surface area (Å²) in [5.74, 6) is 0.575. The molecule has 0 aliphatic rings. The summed E-state index contributed by atoms with van der Waals surface area (Å²) in [6.45, 7) is 3.77. The molecular weight excluding hydrogens is 380 g/mol. The molecule has 0 heterocycles. The maximum absolute atomic E-state index is 12.2. The summed E-state index contributed by atoms with van der Waals surface area (Å²) in [5.41, 5.74) is 3.54. The zero-order chi connectivity index (χ0) is 21.3. The van der Waals surface area contributed by atoms with Crippen LogP contribution < -0.4 is 20.1 Å². The van der Waals surface area contributed by atoms with Gasteiger partial charge in [0.15, 0.2) is 13.2 Å². The number of hydrogen-bond donors (Lipinski definition) is 2. The van der Waals surface area contributed by atoms with Gasteiger partial charge >= 0.3 is 0 Å². The lowest BCUT2D eigenvalue weighted by atomic mass is 10.1. The molecule has 0 saturated heterocycles. The maximum atomic E-state index is 12.2. The minimum Gasteiger partial charge on any atom is -0.484 e. The lowest BCUT2D eigenvalue weighted by Crippen LogP contribution is -2.21. The average molecular weight is 404 g/mol. The number of hydrogen-bond acceptors (Lipinski definition) is 4. The van der Waals surface area contributed by atoms with Crippen LogP contribution in [-0.4, -0.2) is 25.0 Å². The van der Waals surface area contributed by atoms with Crippen molar-refractivity contribution in [3.8, 4) is 11.5 Å². The third-order valence-corrected chi connectivity index (χ3v) is 4.39. The zero-order valence-corrected chi connectivity index (χ0v) is 17.0. The molecule has 0 atom stereocenters. The number of carbonyl (C=O) groups excluding carboxylic acids is 2. The molecule has 0 fully saturated rings. The number of nitrogens with one attached hydrogen (secondary N) is 2. The minimum absolute atomic E-state index is 0.104. The number of amides is 2. The van der Waals surface area contributed by atoms with E-state index in [2.05, 4.69) is 10.6 Å². The third kappa shape index (κ3) is 6.38. The highest BCUT2D eigenvalue weighted by Gasteiger charge is 2.07. The topological polar surface area (TPSA) is 76.7 Å². The molecule has 30 heavy (non-hydrogen) atoms. The van der Waals surface area contributed by atoms with Gasteiger partial charge in [0.05, 0.1) is 0 Å². The first-order valence-corrected chi connectivity index (χ1v) is 9.57. The minimum atomic E-state index is -0.285. The largest absolute Gasteiger partial charge is 0.484 e. The second-order valence-electron chi connectivity index (χ2n) is 6.81. The Morgan fingerprint density at radius 1 is 0.667 bits per heavy atom. The Hall–Kier alpha value is -3.80. The van der Waals surface area contributed by atoms with E-state index in [-0.39, 0.29) is 25.0 Å². The fraction of sp³-hybridized carbons (Fsp3) is 0.167. The van der Waals surface area contributed by atoms with Crippen LogP contribution in [0.25, 0.3) is 0 Å². The Morgan fingerprint density at radius 3 is 1.93 bits per heavy atom. The summed E-state index contributed by atoms with van der Waals surface area (Å²) in [6, 6.07) is 21.7. The summed E-state index contributed by atoms with van der Waals surface area (Å²) < 4.78 is 11.1. The predicted octanol–water partition coefficient (Wildman–Crippen LogP) is 4.34. The fourth-order valence-corrected chi connectivity index (χ4v) is 2.68. The van der Waals surface area contributed by atoms with Gasteiger partial charge in [0.1, 0.15) is 11.5 Å². The molecule has 0 spiro atoms. The molecule has 2 amide bonds. The highest BCUT2D eigenvalue weighted by Crippen LogP contribution is 2.19. The van der Waals surface area contributed by atoms with Crippen LogP contribution in [0.5, 0.6) is 11.5 Å². The van der Waals surface area contributed by atoms with Gasteiger partial charge < -0.3 is 20.1 Å². The molecule has 2 N–H and O–H groups in total. The van der Waals surface area contributed by atoms with Crippen molar-refractivity contribution < 1.29 is 19.1 Å². The van der Waals surface area contributed by atoms with E-state index in [0.29, 0.717) is 22.9 Å². The highest BCUT2D eigenvalue weighted by atomic mass is 16.5. The normalized spacial score (nSPS) is 10.2. The van der Waals surface area contributed by atoms with Gasteiger partial charge in [0, 0.05) is 17.4 Å². The fourth-order valence-electron chi connectivity index (χ4n) is 2.68. The van der Waals surface area contributed by atoms with Gasteiger partial charge in [-0.3, -0.25) is 9.59 Å². The van der Waals surface area contributed by atoms with Crippen molar-refractivity contribution in [2.45, 2.75) is 13.8 Å². The number of aryl methyl sites for hydroxylation is 2. The first-order chi connectivity index (χ1) is 14.5. The lowest BCUT2D eigenvalue weighted by Gasteiger charge is -2.11. The van der Waals surface area contributed by atoms with Gasteiger partial charge in [-0.1, -0.05) is 30.3 Å². The van der Waals surface area contributed by atoms with Gasteiger partial charge in [0.25, 0.3) is 11.8 Å². The van der Waals surface area contributed by atoms with E-state index in [1.807, 2.05) is 50.2 Å². The van der Waals surface area contributed by atoms with E-state index in [9.17, 15) is 9.59 Å². The molecule has 0 aliphatic carbocycles. The Kier molecular flexibility index (Phi) is 7.05. The quantitative estimate of drug-likeness (QED) is 0.586. The molecule has 6 nitrogen and oxygen atoms in total. The third-order valence-electron chi connectivity index (χ3n) is 4.39. The van der Waals surface area contributed by atoms with Crippen molar-refractivity contribution in [1.29, 1.82) is 0 Å². The number of carbonyl (C=O) groups is 2. The summed E-state index contributed by atoms with van der Waals surface area (Å²) in [7, 11) is 0. The maximum Gasteiger partial charge on any atom is 0.262 e. The van der Waals surface area contributed by atoms with Gasteiger partial charge in [-0.15, -0.1) is 0 Å². The number of para-hydroxylation sites is 1. The molecule has 154 valence electrons. The van der Waals surface area contributed by atoms with E-state index in [1.54, 1.807) is 36.4 Å². The van der Waals surface area contributed by atoms with E-state index in [4.69, 9.17) is 9.47 Å². The first-order valence-electron chi connectivity index (χ1n) is 9.57. The molecule has 3 aromatic carbocycles. The SMILES string of the molecule is Cc1ccc(OCC(=O)Nc2cccc(OCC(=O)Nc3ccccc3)c2)cc1C. The summed E-state index contributed by atoms with van der Waals surface area (Å²) in [4.78, 5) is 24.2. The number of benzene rings is 3. The number of rotatable bonds is 8. The molecular formula is C24H24N2O4. The Balaban J connectivity index is 1.47. The zero-order valence-electron chi connectivity index (χ0n) is 17.0. The van der Waals surface area contributed by atoms with Crippen molar-refractivity contribution in [2.24, 2.45) is 0 Å². The van der Waals surface area contributed by atoms with E-state index in [0.717, 1.165) is 5.56 Å². The van der Waals surface area contributed by atoms with Crippen LogP contribution in [0.1, 0.15) is 11.1 Å². The van der Waals surface area contributed by atoms with Gasteiger partial charge in [-0.25, -0.2) is 0 Å². The molecule has 0 bridgehead atoms. The predicted molar refractivity (Wildman–Crippen MR) is 117 cm³/mol. The molecule has 0 unspecified atom stereocenters. The Bertz CT molecular complexity index is 1020. The van der Waals surface area contributed by atoms with Crippen LogP contribution in [-0.2, 0) is 9.59 Å². The molecule has 6 heteroatoms. The molecule has 0 aliphatic heterocycles. The second-order valence-corrected chi connectivity index (χ2v) is 6.81. The Morgan fingerprint density at radius 2 is 1.27 bits per heavy atom. The lowest BCUT2D eigenvalue weighted by molar-refractivity contribution is -0.118. The van der Waals surface area contributed by atoms with E-state index in [1.165, 1.54) is 5.56 Å². The van der Waals surface area contributed by atoms with Gasteiger partial charge in [0.2, 0.25) is 0 Å². The van der Waals surface area contributed by atoms with Crippen LogP contribution in [0.15, 0.2) is 72.8 Å². The smallest absolute Gasteiger partial charge is 0.262 e. The highest BCUT2D eigenvalue weighted by molar-refractivity contribution is 5.92. The van der Waals surface area contributed by atoms with Gasteiger partial charge in [-0.05, 0) is 61.4 Å². The van der Waals surface area contributed by atoms with Crippen LogP contribution in [0.4, 0.5) is 11.4 Å². The van der Waals surface area contributed by atoms with Crippen LogP contribution in [0, 0.1) is 13.8 Å². The summed E-state index contributed by atoms with van der Waals surface area (Å²) in [6.07, 6.45) is 0. The average Bonchev–Trinajstić information content (AvgIpc) is 2.74. The van der Waals surface area contributed by atoms with Crippen molar-refractivity contribution in [1.82, 2.24) is 0 Å². The molecule has 0 radical (unpaired) electrons.